The van der Waals surface area contributed by atoms with Crippen LogP contribution in [0.3, 0.4) is 0 Å². The summed E-state index contributed by atoms with van der Waals surface area (Å²) in [5.74, 6) is 1.60. The standard InChI is InChI=1S/C16H29NO2/c1-15(2)13-6-7-16(19-15,9-14(13)17)12-5-3-4-11(8-12)10-18/h11-14,18H,3-10,17H2,1-2H3/t11-,12+,13-,14-,16+/m1/s1. The lowest BCUT2D eigenvalue weighted by Gasteiger charge is -2.61. The molecule has 2 aliphatic carbocycles. The van der Waals surface area contributed by atoms with Gasteiger partial charge in [0.15, 0.2) is 0 Å². The normalized spacial score (nSPS) is 49.3. The SMILES string of the molecule is CC1(C)O[C@@]2([C@H]3CCC[C@@H](CO)C3)CC[C@@H]1[C@H](N)C2. The summed E-state index contributed by atoms with van der Waals surface area (Å²) >= 11 is 0. The number of ether oxygens (including phenoxy) is 1. The molecule has 2 heterocycles. The molecule has 0 unspecified atom stereocenters. The minimum Gasteiger partial charge on any atom is -0.396 e. The summed E-state index contributed by atoms with van der Waals surface area (Å²) in [6, 6.07) is 0.298. The van der Waals surface area contributed by atoms with Crippen LogP contribution < -0.4 is 5.73 Å². The van der Waals surface area contributed by atoms with Gasteiger partial charge in [0.25, 0.3) is 0 Å². The fourth-order valence-corrected chi connectivity index (χ4v) is 5.20. The molecule has 0 aromatic carbocycles. The number of aliphatic hydroxyl groups excluding tert-OH is 1. The first-order chi connectivity index (χ1) is 8.97. The Morgan fingerprint density at radius 3 is 2.68 bits per heavy atom. The van der Waals surface area contributed by atoms with Crippen molar-refractivity contribution in [2.75, 3.05) is 6.61 Å². The molecule has 4 rings (SSSR count). The number of hydrogen-bond acceptors (Lipinski definition) is 3. The average Bonchev–Trinajstić information content (AvgIpc) is 2.37. The molecule has 0 aromatic heterocycles. The second-order valence-electron chi connectivity index (χ2n) is 7.70. The molecule has 2 aliphatic heterocycles. The first kappa shape index (κ1) is 13.8. The van der Waals surface area contributed by atoms with E-state index in [-0.39, 0.29) is 11.2 Å². The number of rotatable bonds is 2. The van der Waals surface area contributed by atoms with E-state index in [1.54, 1.807) is 0 Å². The highest BCUT2D eigenvalue weighted by Crippen LogP contribution is 2.55. The summed E-state index contributed by atoms with van der Waals surface area (Å²) < 4.78 is 6.60. The van der Waals surface area contributed by atoms with Gasteiger partial charge in [0.2, 0.25) is 0 Å². The topological polar surface area (TPSA) is 55.5 Å². The molecule has 4 aliphatic rings. The fraction of sp³-hybridized carbons (Fsp3) is 1.00. The van der Waals surface area contributed by atoms with Crippen LogP contribution in [0.4, 0.5) is 0 Å². The van der Waals surface area contributed by atoms with Crippen LogP contribution in [0.2, 0.25) is 0 Å². The highest BCUT2D eigenvalue weighted by molar-refractivity contribution is 5.08. The molecule has 110 valence electrons. The molecule has 5 atom stereocenters. The second-order valence-corrected chi connectivity index (χ2v) is 7.70. The molecule has 19 heavy (non-hydrogen) atoms. The van der Waals surface area contributed by atoms with Crippen molar-refractivity contribution in [2.45, 2.75) is 76.0 Å². The Morgan fingerprint density at radius 2 is 2.05 bits per heavy atom. The van der Waals surface area contributed by atoms with Crippen molar-refractivity contribution < 1.29 is 9.84 Å². The predicted octanol–water partition coefficient (Wildman–Crippen LogP) is 2.46. The molecule has 3 N–H and O–H groups in total. The lowest BCUT2D eigenvalue weighted by Crippen LogP contribution is -2.66. The fourth-order valence-electron chi connectivity index (χ4n) is 5.20. The molecule has 0 radical (unpaired) electrons. The van der Waals surface area contributed by atoms with Crippen molar-refractivity contribution in [1.29, 1.82) is 0 Å². The summed E-state index contributed by atoms with van der Waals surface area (Å²) in [5.41, 5.74) is 6.36. The molecular weight excluding hydrogens is 238 g/mol. The van der Waals surface area contributed by atoms with E-state index >= 15 is 0 Å². The van der Waals surface area contributed by atoms with Gasteiger partial charge in [-0.2, -0.15) is 0 Å². The smallest absolute Gasteiger partial charge is 0.0733 e. The van der Waals surface area contributed by atoms with Crippen LogP contribution in [0.1, 0.15) is 58.8 Å². The van der Waals surface area contributed by atoms with Gasteiger partial charge in [-0.25, -0.2) is 0 Å². The van der Waals surface area contributed by atoms with E-state index in [0.717, 1.165) is 12.8 Å². The number of fused-ring (bicyclic) bond motifs is 3. The maximum atomic E-state index is 9.46. The first-order valence-corrected chi connectivity index (χ1v) is 8.03. The van der Waals surface area contributed by atoms with Crippen molar-refractivity contribution in [2.24, 2.45) is 23.5 Å². The Bertz CT molecular complexity index is 344. The number of hydrogen-bond donors (Lipinski definition) is 2. The molecule has 3 nitrogen and oxygen atoms in total. The van der Waals surface area contributed by atoms with E-state index in [9.17, 15) is 5.11 Å². The van der Waals surface area contributed by atoms with Crippen molar-refractivity contribution >= 4 is 0 Å². The lowest BCUT2D eigenvalue weighted by atomic mass is 9.59. The van der Waals surface area contributed by atoms with Crippen LogP contribution in [-0.2, 0) is 4.74 Å². The van der Waals surface area contributed by atoms with Crippen LogP contribution in [0.15, 0.2) is 0 Å². The van der Waals surface area contributed by atoms with E-state index in [4.69, 9.17) is 10.5 Å². The van der Waals surface area contributed by atoms with Gasteiger partial charge in [-0.3, -0.25) is 0 Å². The summed E-state index contributed by atoms with van der Waals surface area (Å²) in [4.78, 5) is 0. The molecule has 2 bridgehead atoms. The van der Waals surface area contributed by atoms with Gasteiger partial charge < -0.3 is 15.6 Å². The Morgan fingerprint density at radius 1 is 1.26 bits per heavy atom. The Balaban J connectivity index is 1.82. The molecule has 0 amide bonds. The summed E-state index contributed by atoms with van der Waals surface area (Å²) in [5, 5.41) is 9.46. The van der Waals surface area contributed by atoms with Crippen molar-refractivity contribution in [3.8, 4) is 0 Å². The zero-order chi connectivity index (χ0) is 13.7. The molecule has 4 fully saturated rings. The first-order valence-electron chi connectivity index (χ1n) is 8.03. The number of nitrogens with two attached hydrogens (primary N) is 1. The van der Waals surface area contributed by atoms with E-state index in [1.807, 2.05) is 0 Å². The van der Waals surface area contributed by atoms with Gasteiger partial charge in [-0.05, 0) is 64.2 Å². The maximum absolute atomic E-state index is 9.46. The average molecular weight is 267 g/mol. The van der Waals surface area contributed by atoms with Crippen molar-refractivity contribution in [1.82, 2.24) is 0 Å². The largest absolute Gasteiger partial charge is 0.396 e. The summed E-state index contributed by atoms with van der Waals surface area (Å²) in [6.07, 6.45) is 8.23. The monoisotopic (exact) mass is 267 g/mol. The van der Waals surface area contributed by atoms with E-state index in [0.29, 0.717) is 30.4 Å². The van der Waals surface area contributed by atoms with Gasteiger partial charge in [0.1, 0.15) is 0 Å². The van der Waals surface area contributed by atoms with Gasteiger partial charge in [0.05, 0.1) is 11.2 Å². The molecule has 2 saturated carbocycles. The third-order valence-electron chi connectivity index (χ3n) is 6.12. The lowest BCUT2D eigenvalue weighted by molar-refractivity contribution is -0.269. The minimum absolute atomic E-state index is 0.00546. The third-order valence-corrected chi connectivity index (χ3v) is 6.12. The highest BCUT2D eigenvalue weighted by Gasteiger charge is 2.57. The summed E-state index contributed by atoms with van der Waals surface area (Å²) in [7, 11) is 0. The third kappa shape index (κ3) is 2.24. The van der Waals surface area contributed by atoms with Gasteiger partial charge in [0, 0.05) is 18.6 Å². The van der Waals surface area contributed by atoms with Crippen molar-refractivity contribution in [3.63, 3.8) is 0 Å². The number of aliphatic hydroxyl groups is 1. The highest BCUT2D eigenvalue weighted by atomic mass is 16.5. The second kappa shape index (κ2) is 4.71. The Labute approximate surface area is 116 Å². The van der Waals surface area contributed by atoms with E-state index in [2.05, 4.69) is 13.8 Å². The molecule has 0 spiro atoms. The minimum atomic E-state index is -0.0674. The Hall–Kier alpha value is -0.120. The zero-order valence-corrected chi connectivity index (χ0v) is 12.4. The van der Waals surface area contributed by atoms with E-state index < -0.39 is 0 Å². The quantitative estimate of drug-likeness (QED) is 0.808. The molecular formula is C16H29NO2. The predicted molar refractivity (Wildman–Crippen MR) is 75.7 cm³/mol. The van der Waals surface area contributed by atoms with Gasteiger partial charge in [-0.15, -0.1) is 0 Å². The molecule has 3 heteroatoms. The maximum Gasteiger partial charge on any atom is 0.0733 e. The molecule has 2 saturated heterocycles. The molecule has 0 aromatic rings. The zero-order valence-electron chi connectivity index (χ0n) is 12.4. The van der Waals surface area contributed by atoms with Gasteiger partial charge in [-0.1, -0.05) is 6.42 Å². The van der Waals surface area contributed by atoms with Crippen LogP contribution in [0.5, 0.6) is 0 Å². The van der Waals surface area contributed by atoms with Crippen LogP contribution in [0.25, 0.3) is 0 Å². The van der Waals surface area contributed by atoms with Crippen LogP contribution in [0, 0.1) is 17.8 Å². The van der Waals surface area contributed by atoms with Crippen molar-refractivity contribution in [3.05, 3.63) is 0 Å². The van der Waals surface area contributed by atoms with Crippen LogP contribution >= 0.6 is 0 Å². The van der Waals surface area contributed by atoms with Crippen LogP contribution in [-0.4, -0.2) is 29.0 Å². The summed E-state index contributed by atoms with van der Waals surface area (Å²) in [6.45, 7) is 4.78. The Kier molecular flexibility index (Phi) is 3.43. The van der Waals surface area contributed by atoms with E-state index in [1.165, 1.54) is 32.1 Å². The van der Waals surface area contributed by atoms with Gasteiger partial charge >= 0.3 is 0 Å².